The molecule has 0 saturated carbocycles. The van der Waals surface area contributed by atoms with Gasteiger partial charge in [0.25, 0.3) is 0 Å². The number of hydrogen-bond donors (Lipinski definition) is 2. The maximum Gasteiger partial charge on any atom is 0.305 e. The Bertz CT molecular complexity index is 502. The van der Waals surface area contributed by atoms with Crippen LogP contribution in [0.1, 0.15) is 24.5 Å². The number of aliphatic carboxylic acids is 1. The maximum atomic E-state index is 12.0. The zero-order chi connectivity index (χ0) is 14.5. The van der Waals surface area contributed by atoms with Crippen molar-refractivity contribution in [3.05, 3.63) is 35.4 Å². The first-order valence-corrected chi connectivity index (χ1v) is 6.88. The third kappa shape index (κ3) is 3.57. The van der Waals surface area contributed by atoms with Crippen molar-refractivity contribution in [2.75, 3.05) is 13.1 Å². The van der Waals surface area contributed by atoms with Gasteiger partial charge in [-0.1, -0.05) is 24.3 Å². The predicted molar refractivity (Wildman–Crippen MR) is 75.3 cm³/mol. The number of amides is 1. The van der Waals surface area contributed by atoms with E-state index in [4.69, 9.17) is 5.11 Å². The van der Waals surface area contributed by atoms with Crippen LogP contribution in [-0.4, -0.2) is 41.0 Å². The molecule has 1 aliphatic rings. The van der Waals surface area contributed by atoms with E-state index in [-0.39, 0.29) is 24.9 Å². The minimum Gasteiger partial charge on any atom is -0.481 e. The maximum absolute atomic E-state index is 12.0. The van der Waals surface area contributed by atoms with E-state index in [9.17, 15) is 9.59 Å². The van der Waals surface area contributed by atoms with Gasteiger partial charge in [-0.2, -0.15) is 0 Å². The number of carbonyl (C=O) groups is 2. The molecule has 0 aliphatic carbocycles. The first kappa shape index (κ1) is 14.5. The van der Waals surface area contributed by atoms with Crippen LogP contribution in [0.15, 0.2) is 24.3 Å². The summed E-state index contributed by atoms with van der Waals surface area (Å²) in [5.74, 6) is -1.00. The fraction of sp³-hybridized carbons (Fsp3) is 0.467. The Morgan fingerprint density at radius 3 is 2.75 bits per heavy atom. The minimum absolute atomic E-state index is 0.0404. The van der Waals surface area contributed by atoms with Gasteiger partial charge < -0.3 is 10.4 Å². The summed E-state index contributed by atoms with van der Waals surface area (Å²) in [4.78, 5) is 24.5. The number of rotatable bonds is 5. The van der Waals surface area contributed by atoms with Crippen molar-refractivity contribution in [2.45, 2.75) is 32.4 Å². The molecule has 0 radical (unpaired) electrons. The smallest absolute Gasteiger partial charge is 0.305 e. The second kappa shape index (κ2) is 6.52. The summed E-state index contributed by atoms with van der Waals surface area (Å²) in [5, 5.41) is 11.2. The Balaban J connectivity index is 1.89. The van der Waals surface area contributed by atoms with Gasteiger partial charge in [0.1, 0.15) is 0 Å². The lowest BCUT2D eigenvalue weighted by molar-refractivity contribution is -0.137. The van der Waals surface area contributed by atoms with Crippen molar-refractivity contribution >= 4 is 11.9 Å². The molecular formula is C15H20N2O3. The SMILES string of the molecule is CC(C(=O)NCCC(=O)O)N1CCc2ccccc2C1. The number of carboxylic acids is 1. The van der Waals surface area contributed by atoms with Crippen LogP contribution < -0.4 is 5.32 Å². The highest BCUT2D eigenvalue weighted by Gasteiger charge is 2.24. The fourth-order valence-corrected chi connectivity index (χ4v) is 2.45. The molecule has 20 heavy (non-hydrogen) atoms. The molecule has 108 valence electrons. The molecule has 1 amide bonds. The van der Waals surface area contributed by atoms with Crippen molar-refractivity contribution in [2.24, 2.45) is 0 Å². The number of carbonyl (C=O) groups excluding carboxylic acids is 1. The van der Waals surface area contributed by atoms with Gasteiger partial charge in [0, 0.05) is 19.6 Å². The van der Waals surface area contributed by atoms with E-state index < -0.39 is 5.97 Å². The third-order valence-corrected chi connectivity index (χ3v) is 3.73. The lowest BCUT2D eigenvalue weighted by atomic mass is 9.99. The molecule has 1 unspecified atom stereocenters. The molecule has 0 aromatic heterocycles. The Labute approximate surface area is 118 Å². The van der Waals surface area contributed by atoms with Gasteiger partial charge in [-0.3, -0.25) is 14.5 Å². The molecular weight excluding hydrogens is 256 g/mol. The largest absolute Gasteiger partial charge is 0.481 e. The number of benzene rings is 1. The van der Waals surface area contributed by atoms with Crippen molar-refractivity contribution in [3.63, 3.8) is 0 Å². The van der Waals surface area contributed by atoms with Crippen LogP contribution in [0, 0.1) is 0 Å². The summed E-state index contributed by atoms with van der Waals surface area (Å²) < 4.78 is 0. The van der Waals surface area contributed by atoms with E-state index in [0.29, 0.717) is 0 Å². The van der Waals surface area contributed by atoms with Gasteiger partial charge in [-0.15, -0.1) is 0 Å². The Hall–Kier alpha value is -1.88. The molecule has 1 atom stereocenters. The molecule has 0 bridgehead atoms. The van der Waals surface area contributed by atoms with Crippen molar-refractivity contribution in [1.82, 2.24) is 10.2 Å². The number of hydrogen-bond acceptors (Lipinski definition) is 3. The summed E-state index contributed by atoms with van der Waals surface area (Å²) in [6.07, 6.45) is 0.907. The van der Waals surface area contributed by atoms with Crippen LogP contribution in [-0.2, 0) is 22.6 Å². The predicted octanol–water partition coefficient (Wildman–Crippen LogP) is 1.02. The number of nitrogens with zero attached hydrogens (tertiary/aromatic N) is 1. The molecule has 1 aliphatic heterocycles. The van der Waals surface area contributed by atoms with Crippen molar-refractivity contribution in [3.8, 4) is 0 Å². The normalized spacial score (nSPS) is 16.2. The quantitative estimate of drug-likeness (QED) is 0.842. The summed E-state index contributed by atoms with van der Waals surface area (Å²) >= 11 is 0. The molecule has 0 fully saturated rings. The monoisotopic (exact) mass is 276 g/mol. The second-order valence-electron chi connectivity index (χ2n) is 5.10. The van der Waals surface area contributed by atoms with Crippen LogP contribution in [0.25, 0.3) is 0 Å². The highest BCUT2D eigenvalue weighted by atomic mass is 16.4. The molecule has 0 spiro atoms. The van der Waals surface area contributed by atoms with E-state index in [2.05, 4.69) is 22.3 Å². The van der Waals surface area contributed by atoms with Crippen LogP contribution in [0.2, 0.25) is 0 Å². The van der Waals surface area contributed by atoms with Gasteiger partial charge in [0.05, 0.1) is 12.5 Å². The van der Waals surface area contributed by atoms with Crippen LogP contribution in [0.4, 0.5) is 0 Å². The molecule has 1 aromatic carbocycles. The molecule has 5 nitrogen and oxygen atoms in total. The first-order valence-electron chi connectivity index (χ1n) is 6.88. The number of carboxylic acid groups (broad SMARTS) is 1. The average Bonchev–Trinajstić information content (AvgIpc) is 2.45. The summed E-state index contributed by atoms with van der Waals surface area (Å²) in [5.41, 5.74) is 2.62. The highest BCUT2D eigenvalue weighted by Crippen LogP contribution is 2.20. The second-order valence-corrected chi connectivity index (χ2v) is 5.10. The molecule has 1 heterocycles. The topological polar surface area (TPSA) is 69.6 Å². The van der Waals surface area contributed by atoms with E-state index in [0.717, 1.165) is 19.5 Å². The van der Waals surface area contributed by atoms with Crippen molar-refractivity contribution in [1.29, 1.82) is 0 Å². The van der Waals surface area contributed by atoms with Gasteiger partial charge in [0.2, 0.25) is 5.91 Å². The molecule has 1 aromatic rings. The van der Waals surface area contributed by atoms with Gasteiger partial charge in [-0.05, 0) is 24.5 Å². The molecule has 2 rings (SSSR count). The van der Waals surface area contributed by atoms with E-state index >= 15 is 0 Å². The number of nitrogens with one attached hydrogen (secondary N) is 1. The standard InChI is InChI=1S/C15H20N2O3/c1-11(15(20)16-8-6-14(18)19)17-9-7-12-4-2-3-5-13(12)10-17/h2-5,11H,6-10H2,1H3,(H,16,20)(H,18,19). The fourth-order valence-electron chi connectivity index (χ4n) is 2.45. The van der Waals surface area contributed by atoms with Crippen LogP contribution >= 0.6 is 0 Å². The van der Waals surface area contributed by atoms with Crippen molar-refractivity contribution < 1.29 is 14.7 Å². The van der Waals surface area contributed by atoms with Gasteiger partial charge >= 0.3 is 5.97 Å². The van der Waals surface area contributed by atoms with E-state index in [1.54, 1.807) is 0 Å². The lowest BCUT2D eigenvalue weighted by Gasteiger charge is -2.32. The van der Waals surface area contributed by atoms with Crippen LogP contribution in [0.3, 0.4) is 0 Å². The zero-order valence-corrected chi connectivity index (χ0v) is 11.6. The molecule has 0 saturated heterocycles. The Morgan fingerprint density at radius 1 is 1.35 bits per heavy atom. The lowest BCUT2D eigenvalue weighted by Crippen LogP contribution is -2.47. The van der Waals surface area contributed by atoms with E-state index in [1.807, 2.05) is 19.1 Å². The summed E-state index contributed by atoms with van der Waals surface area (Å²) in [7, 11) is 0. The molecule has 2 N–H and O–H groups in total. The average molecular weight is 276 g/mol. The van der Waals surface area contributed by atoms with Gasteiger partial charge in [0.15, 0.2) is 0 Å². The first-order chi connectivity index (χ1) is 9.58. The minimum atomic E-state index is -0.898. The highest BCUT2D eigenvalue weighted by molar-refractivity contribution is 5.81. The zero-order valence-electron chi connectivity index (χ0n) is 11.6. The van der Waals surface area contributed by atoms with E-state index in [1.165, 1.54) is 11.1 Å². The summed E-state index contributed by atoms with van der Waals surface area (Å²) in [6, 6.07) is 8.04. The van der Waals surface area contributed by atoms with Crippen LogP contribution in [0.5, 0.6) is 0 Å². The number of fused-ring (bicyclic) bond motifs is 1. The summed E-state index contributed by atoms with van der Waals surface area (Å²) in [6.45, 7) is 3.67. The third-order valence-electron chi connectivity index (χ3n) is 3.73. The van der Waals surface area contributed by atoms with Gasteiger partial charge in [-0.25, -0.2) is 0 Å². The Morgan fingerprint density at radius 2 is 2.05 bits per heavy atom. The molecule has 5 heteroatoms. The Kier molecular flexibility index (Phi) is 4.74.